The summed E-state index contributed by atoms with van der Waals surface area (Å²) in [5, 5.41) is 4.01. The van der Waals surface area contributed by atoms with Crippen LogP contribution in [0.25, 0.3) is 0 Å². The van der Waals surface area contributed by atoms with Crippen LogP contribution in [0.3, 0.4) is 0 Å². The minimum absolute atomic E-state index is 0.0232. The molecule has 0 radical (unpaired) electrons. The lowest BCUT2D eigenvalue weighted by Crippen LogP contribution is -2.58. The van der Waals surface area contributed by atoms with Gasteiger partial charge in [0.05, 0.1) is 0 Å². The fourth-order valence-electron chi connectivity index (χ4n) is 2.37. The van der Waals surface area contributed by atoms with Gasteiger partial charge in [-0.1, -0.05) is 0 Å². The molecular weight excluding hydrogens is 258 g/mol. The van der Waals surface area contributed by atoms with Crippen molar-refractivity contribution in [3.8, 4) is 0 Å². The zero-order chi connectivity index (χ0) is 14.9. The number of amides is 2. The van der Waals surface area contributed by atoms with E-state index in [2.05, 4.69) is 5.10 Å². The van der Waals surface area contributed by atoms with E-state index in [1.54, 1.807) is 47.9 Å². The van der Waals surface area contributed by atoms with Crippen molar-refractivity contribution in [2.24, 2.45) is 7.05 Å². The second kappa shape index (κ2) is 5.62. The molecule has 110 valence electrons. The van der Waals surface area contributed by atoms with Crippen LogP contribution < -0.4 is 0 Å². The Hall–Kier alpha value is -1.89. The molecule has 0 aliphatic carbocycles. The van der Waals surface area contributed by atoms with Crippen molar-refractivity contribution in [2.45, 2.75) is 6.04 Å². The Morgan fingerprint density at radius 1 is 1.30 bits per heavy atom. The van der Waals surface area contributed by atoms with Gasteiger partial charge in [0.25, 0.3) is 5.91 Å². The van der Waals surface area contributed by atoms with Crippen molar-refractivity contribution in [2.75, 3.05) is 40.8 Å². The smallest absolute Gasteiger partial charge is 0.272 e. The van der Waals surface area contributed by atoms with Gasteiger partial charge in [-0.2, -0.15) is 5.10 Å². The monoisotopic (exact) mass is 279 g/mol. The second-order valence-electron chi connectivity index (χ2n) is 5.32. The first-order valence-electron chi connectivity index (χ1n) is 6.60. The average Bonchev–Trinajstić information content (AvgIpc) is 2.84. The number of piperazine rings is 1. The molecule has 2 amide bonds. The molecule has 0 bridgehead atoms. The van der Waals surface area contributed by atoms with E-state index in [1.165, 1.54) is 0 Å². The first kappa shape index (κ1) is 14.5. The van der Waals surface area contributed by atoms with Gasteiger partial charge in [-0.05, 0) is 13.1 Å². The Labute approximate surface area is 118 Å². The average molecular weight is 279 g/mol. The minimum Gasteiger partial charge on any atom is -0.347 e. The molecule has 1 aliphatic heterocycles. The van der Waals surface area contributed by atoms with Crippen LogP contribution in [0.5, 0.6) is 0 Å². The van der Waals surface area contributed by atoms with Crippen molar-refractivity contribution in [1.82, 2.24) is 24.5 Å². The number of carbonyl (C=O) groups is 2. The Bertz CT molecular complexity index is 511. The van der Waals surface area contributed by atoms with E-state index < -0.39 is 0 Å². The third-order valence-corrected chi connectivity index (χ3v) is 3.70. The number of likely N-dealkylation sites (N-methyl/N-ethyl adjacent to an activating group) is 2. The van der Waals surface area contributed by atoms with Gasteiger partial charge < -0.3 is 9.80 Å². The molecule has 20 heavy (non-hydrogen) atoms. The molecule has 0 saturated carbocycles. The quantitative estimate of drug-likeness (QED) is 0.716. The van der Waals surface area contributed by atoms with Crippen LogP contribution in [-0.4, -0.2) is 83.1 Å². The van der Waals surface area contributed by atoms with Gasteiger partial charge in [-0.25, -0.2) is 0 Å². The number of carbonyl (C=O) groups excluding carboxylic acids is 2. The first-order chi connectivity index (χ1) is 9.41. The maximum Gasteiger partial charge on any atom is 0.272 e. The summed E-state index contributed by atoms with van der Waals surface area (Å²) in [6, 6.07) is 1.42. The SMILES string of the molecule is CN(C)C(=O)[C@H]1CN(C(=O)c2ccnn2C)CCN1C. The Balaban J connectivity index is 2.13. The predicted octanol–water partition coefficient (Wildman–Crippen LogP) is -0.735. The van der Waals surface area contributed by atoms with Gasteiger partial charge in [-0.15, -0.1) is 0 Å². The van der Waals surface area contributed by atoms with Crippen LogP contribution in [-0.2, 0) is 11.8 Å². The maximum absolute atomic E-state index is 12.4. The van der Waals surface area contributed by atoms with Gasteiger partial charge in [0.15, 0.2) is 0 Å². The van der Waals surface area contributed by atoms with E-state index in [9.17, 15) is 9.59 Å². The third kappa shape index (κ3) is 2.67. The lowest BCUT2D eigenvalue weighted by atomic mass is 10.1. The molecule has 2 rings (SSSR count). The lowest BCUT2D eigenvalue weighted by Gasteiger charge is -2.39. The van der Waals surface area contributed by atoms with E-state index in [0.29, 0.717) is 25.3 Å². The summed E-state index contributed by atoms with van der Waals surface area (Å²) in [4.78, 5) is 29.9. The first-order valence-corrected chi connectivity index (χ1v) is 6.60. The summed E-state index contributed by atoms with van der Waals surface area (Å²) < 4.78 is 1.56. The molecule has 1 aliphatic rings. The number of aromatic nitrogens is 2. The number of hydrogen-bond donors (Lipinski definition) is 0. The molecule has 0 spiro atoms. The predicted molar refractivity (Wildman–Crippen MR) is 74.2 cm³/mol. The summed E-state index contributed by atoms with van der Waals surface area (Å²) in [5.41, 5.74) is 0.547. The van der Waals surface area contributed by atoms with Crippen molar-refractivity contribution in [1.29, 1.82) is 0 Å². The molecule has 1 aromatic heterocycles. The molecule has 1 aromatic rings. The summed E-state index contributed by atoms with van der Waals surface area (Å²) in [7, 11) is 7.12. The molecule has 0 unspecified atom stereocenters. The minimum atomic E-state index is -0.282. The van der Waals surface area contributed by atoms with Crippen molar-refractivity contribution < 1.29 is 9.59 Å². The fourth-order valence-corrected chi connectivity index (χ4v) is 2.37. The van der Waals surface area contributed by atoms with Gasteiger partial charge in [-0.3, -0.25) is 19.2 Å². The van der Waals surface area contributed by atoms with Crippen molar-refractivity contribution in [3.63, 3.8) is 0 Å². The topological polar surface area (TPSA) is 61.7 Å². The Morgan fingerprint density at radius 2 is 2.00 bits per heavy atom. The number of rotatable bonds is 2. The summed E-state index contributed by atoms with van der Waals surface area (Å²) >= 11 is 0. The largest absolute Gasteiger partial charge is 0.347 e. The molecule has 7 heteroatoms. The second-order valence-corrected chi connectivity index (χ2v) is 5.32. The molecule has 1 fully saturated rings. The van der Waals surface area contributed by atoms with Crippen LogP contribution in [0.2, 0.25) is 0 Å². The Kier molecular flexibility index (Phi) is 4.08. The van der Waals surface area contributed by atoms with E-state index in [4.69, 9.17) is 0 Å². The number of aryl methyl sites for hydroxylation is 1. The van der Waals surface area contributed by atoms with Crippen molar-refractivity contribution in [3.05, 3.63) is 18.0 Å². The molecule has 7 nitrogen and oxygen atoms in total. The van der Waals surface area contributed by atoms with E-state index >= 15 is 0 Å². The fraction of sp³-hybridized carbons (Fsp3) is 0.615. The highest BCUT2D eigenvalue weighted by Crippen LogP contribution is 2.13. The molecule has 2 heterocycles. The molecule has 0 aromatic carbocycles. The normalized spacial score (nSPS) is 20.0. The highest BCUT2D eigenvalue weighted by molar-refractivity contribution is 5.93. The van der Waals surface area contributed by atoms with Crippen LogP contribution in [0.15, 0.2) is 12.3 Å². The van der Waals surface area contributed by atoms with Crippen LogP contribution >= 0.6 is 0 Å². The van der Waals surface area contributed by atoms with Gasteiger partial charge in [0.1, 0.15) is 11.7 Å². The Morgan fingerprint density at radius 3 is 2.55 bits per heavy atom. The van der Waals surface area contributed by atoms with E-state index in [1.807, 2.05) is 11.9 Å². The third-order valence-electron chi connectivity index (χ3n) is 3.70. The van der Waals surface area contributed by atoms with Crippen LogP contribution in [0, 0.1) is 0 Å². The van der Waals surface area contributed by atoms with Gasteiger partial charge in [0.2, 0.25) is 5.91 Å². The standard InChI is InChI=1S/C13H21N5O2/c1-15(2)12(19)11-9-18(8-7-16(11)3)13(20)10-5-6-14-17(10)4/h5-6,11H,7-9H2,1-4H3/t11-/m1/s1. The number of nitrogens with zero attached hydrogens (tertiary/aromatic N) is 5. The van der Waals surface area contributed by atoms with Crippen LogP contribution in [0.1, 0.15) is 10.5 Å². The molecule has 0 N–H and O–H groups in total. The van der Waals surface area contributed by atoms with Crippen molar-refractivity contribution >= 4 is 11.8 Å². The zero-order valence-corrected chi connectivity index (χ0v) is 12.4. The maximum atomic E-state index is 12.4. The molecule has 1 atom stereocenters. The molecular formula is C13H21N5O2. The van der Waals surface area contributed by atoms with Gasteiger partial charge in [0, 0.05) is 47.0 Å². The molecule has 1 saturated heterocycles. The highest BCUT2D eigenvalue weighted by Gasteiger charge is 2.33. The van der Waals surface area contributed by atoms with E-state index in [0.717, 1.165) is 0 Å². The summed E-state index contributed by atoms with van der Waals surface area (Å²) in [6.07, 6.45) is 1.60. The van der Waals surface area contributed by atoms with Gasteiger partial charge >= 0.3 is 0 Å². The summed E-state index contributed by atoms with van der Waals surface area (Å²) in [5.74, 6) is -0.0512. The lowest BCUT2D eigenvalue weighted by molar-refractivity contribution is -0.135. The zero-order valence-electron chi connectivity index (χ0n) is 12.4. The number of hydrogen-bond acceptors (Lipinski definition) is 4. The van der Waals surface area contributed by atoms with E-state index in [-0.39, 0.29) is 17.9 Å². The van der Waals surface area contributed by atoms with Crippen LogP contribution in [0.4, 0.5) is 0 Å². The summed E-state index contributed by atoms with van der Waals surface area (Å²) in [6.45, 7) is 1.73. The highest BCUT2D eigenvalue weighted by atomic mass is 16.2.